The standard InChI is InChI=1S/C82H92/c1-5-9-13-17-21-31-48-81(49-32-22-18-14-10-6-2)56-60-53-69-68(59-45-46-65-64-41-29-30-43-72(64)82(73(65)54-59,50-33-23-19-15-11-7-3)51-34-24-20-16-12-8-4)55-70-63-40-28-27-39-62(63)66-47-44-57-37-35-42-67-74(57)76(66)79(70)78(69)77(67)75(60)71-52-58-36-25-26-38-61(58)80(71)81/h25-30,35-47,52-56H,5-24,31-34,48-51H2,1-4H3. The van der Waals surface area contributed by atoms with E-state index in [4.69, 9.17) is 0 Å². The minimum Gasteiger partial charge on any atom is -0.0659 e. The van der Waals surface area contributed by atoms with E-state index in [0.29, 0.717) is 0 Å². The van der Waals surface area contributed by atoms with Crippen LogP contribution in [-0.4, -0.2) is 0 Å². The molecule has 10 aromatic rings. The molecule has 0 unspecified atom stereocenters. The zero-order chi connectivity index (χ0) is 55.6. The number of fused-ring (bicyclic) bond motifs is 11. The third kappa shape index (κ3) is 9.59. The summed E-state index contributed by atoms with van der Waals surface area (Å²) in [6.45, 7) is 9.41. The first-order chi connectivity index (χ1) is 40.5. The predicted molar refractivity (Wildman–Crippen MR) is 361 cm³/mol. The molecule has 82 heavy (non-hydrogen) atoms. The van der Waals surface area contributed by atoms with Gasteiger partial charge in [0, 0.05) is 10.8 Å². The van der Waals surface area contributed by atoms with E-state index in [9.17, 15) is 0 Å². The summed E-state index contributed by atoms with van der Waals surface area (Å²) in [5, 5.41) is 22.8. The van der Waals surface area contributed by atoms with Crippen LogP contribution in [0.2, 0.25) is 0 Å². The highest BCUT2D eigenvalue weighted by Crippen LogP contribution is 2.57. The first kappa shape index (κ1) is 55.0. The molecule has 0 spiro atoms. The maximum atomic E-state index is 2.90. The average Bonchev–Trinajstić information content (AvgIpc) is 0.930. The average molecular weight is 1080 g/mol. The van der Waals surface area contributed by atoms with Gasteiger partial charge in [-0.2, -0.15) is 0 Å². The van der Waals surface area contributed by atoms with Gasteiger partial charge in [-0.3, -0.25) is 0 Å². The van der Waals surface area contributed by atoms with Crippen molar-refractivity contribution < 1.29 is 0 Å². The van der Waals surface area contributed by atoms with E-state index in [1.54, 1.807) is 16.7 Å². The molecule has 0 bridgehead atoms. The molecular formula is C82H92. The lowest BCUT2D eigenvalue weighted by atomic mass is 9.66. The largest absolute Gasteiger partial charge is 0.0659 e. The van der Waals surface area contributed by atoms with Crippen molar-refractivity contribution >= 4 is 87.9 Å². The van der Waals surface area contributed by atoms with Gasteiger partial charge < -0.3 is 0 Å². The van der Waals surface area contributed by atoms with Crippen molar-refractivity contribution in [2.45, 2.75) is 213 Å². The van der Waals surface area contributed by atoms with E-state index in [1.807, 2.05) is 0 Å². The molecule has 0 heterocycles. The second kappa shape index (κ2) is 24.2. The topological polar surface area (TPSA) is 0 Å². The minimum absolute atomic E-state index is 0.00393. The fourth-order valence-corrected chi connectivity index (χ4v) is 17.0. The summed E-state index contributed by atoms with van der Waals surface area (Å²) >= 11 is 0. The van der Waals surface area contributed by atoms with Crippen LogP contribution in [0.4, 0.5) is 0 Å². The van der Waals surface area contributed by atoms with Crippen LogP contribution in [0.25, 0.3) is 110 Å². The van der Waals surface area contributed by atoms with Crippen molar-refractivity contribution in [3.63, 3.8) is 0 Å². The fraction of sp³-hybridized carbons (Fsp3) is 0.415. The molecule has 0 saturated carbocycles. The Bertz CT molecular complexity index is 4150. The van der Waals surface area contributed by atoms with E-state index in [2.05, 4.69) is 173 Å². The molecule has 13 rings (SSSR count). The van der Waals surface area contributed by atoms with Gasteiger partial charge in [-0.05, 0) is 180 Å². The van der Waals surface area contributed by atoms with E-state index in [1.165, 1.54) is 293 Å². The van der Waals surface area contributed by atoms with Crippen molar-refractivity contribution in [2.24, 2.45) is 5.41 Å². The monoisotopic (exact) mass is 1080 g/mol. The van der Waals surface area contributed by atoms with Gasteiger partial charge in [0.05, 0.1) is 0 Å². The Morgan fingerprint density at radius 1 is 0.329 bits per heavy atom. The highest BCUT2D eigenvalue weighted by molar-refractivity contribution is 6.45. The van der Waals surface area contributed by atoms with Crippen LogP contribution in [0.15, 0.2) is 133 Å². The molecule has 420 valence electrons. The lowest BCUT2D eigenvalue weighted by Crippen LogP contribution is -2.40. The normalized spacial score (nSPS) is 14.8. The second-order valence-electron chi connectivity index (χ2n) is 26.2. The molecule has 0 atom stereocenters. The van der Waals surface area contributed by atoms with Crippen molar-refractivity contribution in [3.8, 4) is 22.3 Å². The Balaban J connectivity index is 1.10. The molecule has 10 aromatic carbocycles. The number of hydrogen-bond donors (Lipinski definition) is 0. The third-order valence-corrected chi connectivity index (χ3v) is 21.0. The van der Waals surface area contributed by atoms with Crippen LogP contribution in [0, 0.1) is 5.41 Å². The second-order valence-corrected chi connectivity index (χ2v) is 26.2. The zero-order valence-corrected chi connectivity index (χ0v) is 50.7. The summed E-state index contributed by atoms with van der Waals surface area (Å²) in [7, 11) is 0. The van der Waals surface area contributed by atoms with Crippen molar-refractivity contribution in [3.05, 3.63) is 165 Å². The smallest absolute Gasteiger partial charge is 0.0215 e. The Hall–Kier alpha value is -6.24. The molecule has 0 amide bonds. The summed E-state index contributed by atoms with van der Waals surface area (Å²) in [6, 6.07) is 54.1. The molecule has 0 aliphatic heterocycles. The molecule has 3 aliphatic carbocycles. The molecule has 0 fully saturated rings. The molecule has 0 heteroatoms. The summed E-state index contributed by atoms with van der Waals surface area (Å²) in [5.41, 5.74) is 12.0. The van der Waals surface area contributed by atoms with Crippen LogP contribution >= 0.6 is 0 Å². The van der Waals surface area contributed by atoms with E-state index >= 15 is 0 Å². The van der Waals surface area contributed by atoms with Gasteiger partial charge in [0.2, 0.25) is 0 Å². The molecule has 3 aliphatic rings. The number of unbranched alkanes of at least 4 members (excludes halogenated alkanes) is 20. The Morgan fingerprint density at radius 3 is 1.56 bits per heavy atom. The first-order valence-electron chi connectivity index (χ1n) is 33.7. The van der Waals surface area contributed by atoms with Gasteiger partial charge >= 0.3 is 0 Å². The number of hydrogen-bond acceptors (Lipinski definition) is 0. The Kier molecular flexibility index (Phi) is 16.2. The van der Waals surface area contributed by atoms with Crippen molar-refractivity contribution in [2.75, 3.05) is 0 Å². The van der Waals surface area contributed by atoms with Gasteiger partial charge in [-0.25, -0.2) is 0 Å². The molecule has 0 nitrogen and oxygen atoms in total. The Labute approximate surface area is 491 Å². The quantitative estimate of drug-likeness (QED) is 0.0249. The maximum absolute atomic E-state index is 2.90. The van der Waals surface area contributed by atoms with Crippen LogP contribution < -0.4 is 20.9 Å². The van der Waals surface area contributed by atoms with E-state index in [-0.39, 0.29) is 10.8 Å². The minimum atomic E-state index is -0.0492. The van der Waals surface area contributed by atoms with Gasteiger partial charge in [0.1, 0.15) is 0 Å². The molecule has 0 aromatic heterocycles. The SMILES string of the molecule is CCCCCCCCC1(CCCCCCCC)C=c2cc3c(-c4ccc5c(c4)C(CCCCCCCC)(CCCCCCCC)c4ccccc4-5)cc4c5ccccc5c5ccc6cccc7c(c2=C2C=c8ccccc8=C21)c3c4c5c67. The number of rotatable bonds is 29. The summed E-state index contributed by atoms with van der Waals surface area (Å²) in [5.74, 6) is 0. The highest BCUT2D eigenvalue weighted by atomic mass is 14.5. The lowest BCUT2D eigenvalue weighted by Gasteiger charge is -2.37. The first-order valence-corrected chi connectivity index (χ1v) is 33.7. The van der Waals surface area contributed by atoms with Crippen LogP contribution in [-0.2, 0) is 5.41 Å². The van der Waals surface area contributed by atoms with Crippen LogP contribution in [0.5, 0.6) is 0 Å². The highest BCUT2D eigenvalue weighted by Gasteiger charge is 2.43. The summed E-state index contributed by atoms with van der Waals surface area (Å²) in [6.07, 6.45) is 42.2. The molecule has 0 saturated heterocycles. The predicted octanol–water partition coefficient (Wildman–Crippen LogP) is 22.0. The summed E-state index contributed by atoms with van der Waals surface area (Å²) in [4.78, 5) is 0. The molecular weight excluding hydrogens is 985 g/mol. The lowest BCUT2D eigenvalue weighted by molar-refractivity contribution is 0.398. The van der Waals surface area contributed by atoms with Gasteiger partial charge in [0.25, 0.3) is 0 Å². The van der Waals surface area contributed by atoms with Crippen LogP contribution in [0.1, 0.15) is 219 Å². The maximum Gasteiger partial charge on any atom is 0.0215 e. The Morgan fingerprint density at radius 2 is 0.878 bits per heavy atom. The van der Waals surface area contributed by atoms with E-state index in [0.717, 1.165) is 0 Å². The molecule has 0 N–H and O–H groups in total. The fourth-order valence-electron chi connectivity index (χ4n) is 17.0. The third-order valence-electron chi connectivity index (χ3n) is 21.0. The van der Waals surface area contributed by atoms with Gasteiger partial charge in [0.15, 0.2) is 0 Å². The van der Waals surface area contributed by atoms with Gasteiger partial charge in [-0.15, -0.1) is 0 Å². The zero-order valence-electron chi connectivity index (χ0n) is 50.7. The van der Waals surface area contributed by atoms with E-state index < -0.39 is 0 Å². The van der Waals surface area contributed by atoms with Gasteiger partial charge in [-0.1, -0.05) is 303 Å². The van der Waals surface area contributed by atoms with Crippen molar-refractivity contribution in [1.82, 2.24) is 0 Å². The number of benzene rings is 10. The molecule has 0 radical (unpaired) electrons. The van der Waals surface area contributed by atoms with Crippen molar-refractivity contribution in [1.29, 1.82) is 0 Å². The van der Waals surface area contributed by atoms with Crippen LogP contribution in [0.3, 0.4) is 0 Å². The summed E-state index contributed by atoms with van der Waals surface area (Å²) < 4.78 is 0.